The SMILES string of the molecule is CC(C)NC(=O)NC(=O)COC(=O)C[C@H]1C[C@H]2CC[C@@H]1C2. The average Bonchev–Trinajstić information content (AvgIpc) is 2.97. The average molecular weight is 296 g/mol. The van der Waals surface area contributed by atoms with Crippen molar-refractivity contribution < 1.29 is 19.1 Å². The second-order valence-corrected chi connectivity index (χ2v) is 6.48. The van der Waals surface area contributed by atoms with Crippen LogP contribution in [0.2, 0.25) is 0 Å². The normalized spacial score (nSPS) is 26.7. The fraction of sp³-hybridized carbons (Fsp3) is 0.800. The van der Waals surface area contributed by atoms with Gasteiger partial charge in [-0.15, -0.1) is 0 Å². The molecule has 0 unspecified atom stereocenters. The van der Waals surface area contributed by atoms with Crippen molar-refractivity contribution in [3.63, 3.8) is 0 Å². The number of urea groups is 1. The summed E-state index contributed by atoms with van der Waals surface area (Å²) < 4.78 is 4.95. The highest BCUT2D eigenvalue weighted by atomic mass is 16.5. The molecule has 0 aromatic carbocycles. The lowest BCUT2D eigenvalue weighted by atomic mass is 9.86. The summed E-state index contributed by atoms with van der Waals surface area (Å²) in [6.07, 6.45) is 5.27. The van der Waals surface area contributed by atoms with Crippen LogP contribution >= 0.6 is 0 Å². The zero-order chi connectivity index (χ0) is 15.4. The van der Waals surface area contributed by atoms with Gasteiger partial charge in [-0.3, -0.25) is 14.9 Å². The molecule has 2 bridgehead atoms. The van der Waals surface area contributed by atoms with Gasteiger partial charge in [0, 0.05) is 12.5 Å². The first kappa shape index (κ1) is 15.8. The highest BCUT2D eigenvalue weighted by Gasteiger charge is 2.40. The molecule has 0 radical (unpaired) electrons. The Morgan fingerprint density at radius 3 is 2.52 bits per heavy atom. The van der Waals surface area contributed by atoms with Crippen LogP contribution < -0.4 is 10.6 Å². The number of nitrogens with one attached hydrogen (secondary N) is 2. The molecule has 0 aromatic rings. The van der Waals surface area contributed by atoms with Crippen molar-refractivity contribution in [2.45, 2.75) is 52.0 Å². The summed E-state index contributed by atoms with van der Waals surface area (Å²) in [5, 5.41) is 4.65. The van der Waals surface area contributed by atoms with Crippen molar-refractivity contribution in [3.05, 3.63) is 0 Å². The minimum absolute atomic E-state index is 0.0573. The smallest absolute Gasteiger partial charge is 0.321 e. The molecule has 6 heteroatoms. The van der Waals surface area contributed by atoms with Crippen molar-refractivity contribution in [2.75, 3.05) is 6.61 Å². The van der Waals surface area contributed by atoms with Crippen molar-refractivity contribution in [1.29, 1.82) is 0 Å². The lowest BCUT2D eigenvalue weighted by Gasteiger charge is -2.20. The van der Waals surface area contributed by atoms with Crippen LogP contribution in [0.25, 0.3) is 0 Å². The number of imide groups is 1. The Labute approximate surface area is 125 Å². The number of fused-ring (bicyclic) bond motifs is 2. The van der Waals surface area contributed by atoms with E-state index in [2.05, 4.69) is 10.6 Å². The van der Waals surface area contributed by atoms with Gasteiger partial charge in [0.05, 0.1) is 0 Å². The quantitative estimate of drug-likeness (QED) is 0.755. The Kier molecular flexibility index (Phi) is 5.20. The van der Waals surface area contributed by atoms with Gasteiger partial charge in [-0.05, 0) is 50.9 Å². The van der Waals surface area contributed by atoms with Gasteiger partial charge in [-0.25, -0.2) is 4.79 Å². The van der Waals surface area contributed by atoms with Gasteiger partial charge in [0.2, 0.25) is 0 Å². The number of carbonyl (C=O) groups excluding carboxylic acids is 3. The summed E-state index contributed by atoms with van der Waals surface area (Å²) in [5.41, 5.74) is 0. The van der Waals surface area contributed by atoms with Gasteiger partial charge in [0.25, 0.3) is 5.91 Å². The molecule has 2 fully saturated rings. The van der Waals surface area contributed by atoms with E-state index in [1.807, 2.05) is 0 Å². The molecule has 21 heavy (non-hydrogen) atoms. The molecule has 118 valence electrons. The van der Waals surface area contributed by atoms with Crippen molar-refractivity contribution in [3.8, 4) is 0 Å². The molecule has 2 N–H and O–H groups in total. The Hall–Kier alpha value is -1.59. The number of esters is 1. The Balaban J connectivity index is 1.62. The predicted molar refractivity (Wildman–Crippen MR) is 76.3 cm³/mol. The number of hydrogen-bond acceptors (Lipinski definition) is 4. The van der Waals surface area contributed by atoms with E-state index in [1.165, 1.54) is 19.3 Å². The van der Waals surface area contributed by atoms with Gasteiger partial charge in [-0.1, -0.05) is 6.42 Å². The van der Waals surface area contributed by atoms with E-state index in [1.54, 1.807) is 13.8 Å². The van der Waals surface area contributed by atoms with E-state index in [4.69, 9.17) is 4.74 Å². The van der Waals surface area contributed by atoms with Crippen LogP contribution in [0.1, 0.15) is 46.0 Å². The molecule has 0 aliphatic heterocycles. The largest absolute Gasteiger partial charge is 0.456 e. The van der Waals surface area contributed by atoms with Crippen LogP contribution in [-0.4, -0.2) is 30.6 Å². The summed E-state index contributed by atoms with van der Waals surface area (Å²) in [6.45, 7) is 3.18. The monoisotopic (exact) mass is 296 g/mol. The van der Waals surface area contributed by atoms with Crippen LogP contribution in [0.5, 0.6) is 0 Å². The summed E-state index contributed by atoms with van der Waals surface area (Å²) in [6, 6.07) is -0.628. The summed E-state index contributed by atoms with van der Waals surface area (Å²) >= 11 is 0. The Bertz CT molecular complexity index is 422. The van der Waals surface area contributed by atoms with Crippen LogP contribution in [0.15, 0.2) is 0 Å². The molecular formula is C15H24N2O4. The van der Waals surface area contributed by atoms with Crippen LogP contribution in [0.3, 0.4) is 0 Å². The Morgan fingerprint density at radius 2 is 1.95 bits per heavy atom. The van der Waals surface area contributed by atoms with Crippen LogP contribution in [0.4, 0.5) is 4.79 Å². The molecule has 0 saturated heterocycles. The summed E-state index contributed by atoms with van der Waals surface area (Å²) in [7, 11) is 0. The van der Waals surface area contributed by atoms with E-state index < -0.39 is 18.5 Å². The topological polar surface area (TPSA) is 84.5 Å². The maximum Gasteiger partial charge on any atom is 0.321 e. The van der Waals surface area contributed by atoms with Crippen LogP contribution in [-0.2, 0) is 14.3 Å². The maximum absolute atomic E-state index is 11.7. The van der Waals surface area contributed by atoms with E-state index in [9.17, 15) is 14.4 Å². The van der Waals surface area contributed by atoms with Crippen molar-refractivity contribution >= 4 is 17.9 Å². The third-order valence-corrected chi connectivity index (χ3v) is 4.35. The third kappa shape index (κ3) is 4.72. The van der Waals surface area contributed by atoms with Gasteiger partial charge < -0.3 is 10.1 Å². The lowest BCUT2D eigenvalue weighted by molar-refractivity contribution is -0.149. The first-order valence-corrected chi connectivity index (χ1v) is 7.70. The van der Waals surface area contributed by atoms with E-state index in [-0.39, 0.29) is 12.0 Å². The molecule has 0 heterocycles. The zero-order valence-corrected chi connectivity index (χ0v) is 12.7. The number of amides is 3. The number of rotatable bonds is 5. The highest BCUT2D eigenvalue weighted by molar-refractivity contribution is 5.95. The van der Waals surface area contributed by atoms with E-state index in [0.29, 0.717) is 18.3 Å². The second kappa shape index (κ2) is 6.91. The molecule has 2 rings (SSSR count). The van der Waals surface area contributed by atoms with Gasteiger partial charge in [0.1, 0.15) is 0 Å². The Morgan fingerprint density at radius 1 is 1.19 bits per heavy atom. The molecule has 0 spiro atoms. The third-order valence-electron chi connectivity index (χ3n) is 4.35. The minimum Gasteiger partial charge on any atom is -0.456 e. The predicted octanol–water partition coefficient (Wildman–Crippen LogP) is 1.59. The summed E-state index contributed by atoms with van der Waals surface area (Å²) in [5.74, 6) is 0.925. The zero-order valence-electron chi connectivity index (χ0n) is 12.7. The minimum atomic E-state index is -0.602. The van der Waals surface area contributed by atoms with E-state index in [0.717, 1.165) is 12.3 Å². The first-order valence-electron chi connectivity index (χ1n) is 7.70. The van der Waals surface area contributed by atoms with Crippen molar-refractivity contribution in [1.82, 2.24) is 10.6 Å². The number of ether oxygens (including phenoxy) is 1. The standard InChI is InChI=1S/C15H24N2O4/c1-9(2)16-15(20)17-13(18)8-21-14(19)7-12-6-10-3-4-11(12)5-10/h9-12H,3-8H2,1-2H3,(H2,16,17,18,20)/t10-,11+,12+/m0/s1. The molecule has 2 saturated carbocycles. The molecule has 0 aromatic heterocycles. The maximum atomic E-state index is 11.7. The molecular weight excluding hydrogens is 272 g/mol. The fourth-order valence-corrected chi connectivity index (χ4v) is 3.51. The second-order valence-electron chi connectivity index (χ2n) is 6.48. The van der Waals surface area contributed by atoms with Gasteiger partial charge in [-0.2, -0.15) is 0 Å². The van der Waals surface area contributed by atoms with Gasteiger partial charge >= 0.3 is 12.0 Å². The van der Waals surface area contributed by atoms with E-state index >= 15 is 0 Å². The molecule has 6 nitrogen and oxygen atoms in total. The molecule has 3 atom stereocenters. The number of carbonyl (C=O) groups is 3. The highest BCUT2D eigenvalue weighted by Crippen LogP contribution is 2.49. The van der Waals surface area contributed by atoms with Crippen molar-refractivity contribution in [2.24, 2.45) is 17.8 Å². The fourth-order valence-electron chi connectivity index (χ4n) is 3.51. The van der Waals surface area contributed by atoms with Crippen LogP contribution in [0, 0.1) is 17.8 Å². The van der Waals surface area contributed by atoms with Gasteiger partial charge in [0.15, 0.2) is 6.61 Å². The summed E-state index contributed by atoms with van der Waals surface area (Å²) in [4.78, 5) is 34.5. The molecule has 2 aliphatic rings. The number of hydrogen-bond donors (Lipinski definition) is 2. The lowest BCUT2D eigenvalue weighted by Crippen LogP contribution is -2.44. The molecule has 3 amide bonds. The molecule has 2 aliphatic carbocycles. The first-order chi connectivity index (χ1) is 9.94.